The summed E-state index contributed by atoms with van der Waals surface area (Å²) in [6, 6.07) is 7.61. The van der Waals surface area contributed by atoms with Crippen LogP contribution in [0.25, 0.3) is 0 Å². The molecule has 2 N–H and O–H groups in total. The van der Waals surface area contributed by atoms with Gasteiger partial charge in [-0.05, 0) is 37.0 Å². The highest BCUT2D eigenvalue weighted by Crippen LogP contribution is 2.15. The average Bonchev–Trinajstić information content (AvgIpc) is 2.38. The van der Waals surface area contributed by atoms with Crippen LogP contribution in [-0.2, 0) is 0 Å². The molecule has 1 rings (SSSR count). The molecular formula is C15H23NO2. The Morgan fingerprint density at radius 2 is 1.89 bits per heavy atom. The van der Waals surface area contributed by atoms with Gasteiger partial charge in [-0.3, -0.25) is 4.79 Å². The molecule has 100 valence electrons. The summed E-state index contributed by atoms with van der Waals surface area (Å²) in [5.74, 6) is 0.323. The van der Waals surface area contributed by atoms with Crippen molar-refractivity contribution in [3.63, 3.8) is 0 Å². The molecule has 0 radical (unpaired) electrons. The summed E-state index contributed by atoms with van der Waals surface area (Å²) in [5.41, 5.74) is 1.30. The number of nitrogens with one attached hydrogen (secondary N) is 1. The molecule has 0 aliphatic carbocycles. The van der Waals surface area contributed by atoms with Gasteiger partial charge in [0.25, 0.3) is 5.91 Å². The van der Waals surface area contributed by atoms with E-state index in [0.29, 0.717) is 17.9 Å². The summed E-state index contributed by atoms with van der Waals surface area (Å²) >= 11 is 0. The molecule has 18 heavy (non-hydrogen) atoms. The van der Waals surface area contributed by atoms with Crippen LogP contribution in [-0.4, -0.2) is 23.2 Å². The van der Waals surface area contributed by atoms with E-state index in [1.165, 1.54) is 5.56 Å². The summed E-state index contributed by atoms with van der Waals surface area (Å²) in [7, 11) is 0. The molecule has 0 heterocycles. The third kappa shape index (κ3) is 3.57. The molecule has 0 spiro atoms. The number of hydrogen-bond donors (Lipinski definition) is 2. The number of hydrogen-bond acceptors (Lipinski definition) is 2. The van der Waals surface area contributed by atoms with Crippen LogP contribution in [0.4, 0.5) is 0 Å². The molecule has 3 heteroatoms. The predicted molar refractivity (Wildman–Crippen MR) is 73.8 cm³/mol. The Labute approximate surface area is 109 Å². The third-order valence-corrected chi connectivity index (χ3v) is 3.38. The van der Waals surface area contributed by atoms with Crippen LogP contribution < -0.4 is 5.32 Å². The van der Waals surface area contributed by atoms with E-state index in [0.717, 1.165) is 0 Å². The van der Waals surface area contributed by atoms with E-state index >= 15 is 0 Å². The molecule has 0 aliphatic rings. The van der Waals surface area contributed by atoms with Gasteiger partial charge in [0, 0.05) is 5.56 Å². The molecule has 0 aromatic heterocycles. The number of aliphatic hydroxyl groups excluding tert-OH is 1. The second-order valence-electron chi connectivity index (χ2n) is 5.30. The van der Waals surface area contributed by atoms with Crippen molar-refractivity contribution in [1.29, 1.82) is 0 Å². The Morgan fingerprint density at radius 1 is 1.33 bits per heavy atom. The molecule has 0 aliphatic heterocycles. The largest absolute Gasteiger partial charge is 0.394 e. The topological polar surface area (TPSA) is 49.3 Å². The Balaban J connectivity index is 2.79. The summed E-state index contributed by atoms with van der Waals surface area (Å²) in [6.07, 6.45) is 0.694. The first-order chi connectivity index (χ1) is 8.41. The molecule has 0 bridgehead atoms. The van der Waals surface area contributed by atoms with E-state index in [4.69, 9.17) is 0 Å². The van der Waals surface area contributed by atoms with Crippen molar-refractivity contribution in [3.8, 4) is 0 Å². The van der Waals surface area contributed by atoms with Crippen molar-refractivity contribution in [2.45, 2.75) is 45.6 Å². The van der Waals surface area contributed by atoms with E-state index in [1.54, 1.807) is 0 Å². The standard InChI is InChI=1S/C15H23NO2/c1-5-15(4,10-17)16-14(18)13-8-6-12(7-9-13)11(2)3/h6-9,11,17H,5,10H2,1-4H3,(H,16,18). The van der Waals surface area contributed by atoms with Gasteiger partial charge in [-0.2, -0.15) is 0 Å². The summed E-state index contributed by atoms with van der Waals surface area (Å²) in [4.78, 5) is 12.0. The molecule has 0 saturated heterocycles. The number of benzene rings is 1. The zero-order valence-electron chi connectivity index (χ0n) is 11.7. The fraction of sp³-hybridized carbons (Fsp3) is 0.533. The minimum atomic E-state index is -0.548. The van der Waals surface area contributed by atoms with Gasteiger partial charge in [-0.1, -0.05) is 32.9 Å². The molecule has 0 fully saturated rings. The van der Waals surface area contributed by atoms with Crippen molar-refractivity contribution < 1.29 is 9.90 Å². The van der Waals surface area contributed by atoms with Crippen LogP contribution in [0, 0.1) is 0 Å². The van der Waals surface area contributed by atoms with E-state index in [1.807, 2.05) is 38.1 Å². The molecule has 1 atom stereocenters. The molecular weight excluding hydrogens is 226 g/mol. The highest BCUT2D eigenvalue weighted by molar-refractivity contribution is 5.94. The van der Waals surface area contributed by atoms with Crippen molar-refractivity contribution in [2.75, 3.05) is 6.61 Å². The van der Waals surface area contributed by atoms with E-state index in [2.05, 4.69) is 19.2 Å². The second kappa shape index (κ2) is 6.01. The quantitative estimate of drug-likeness (QED) is 0.843. The minimum absolute atomic E-state index is 0.0562. The molecule has 1 amide bonds. The molecule has 3 nitrogen and oxygen atoms in total. The fourth-order valence-corrected chi connectivity index (χ4v) is 1.61. The van der Waals surface area contributed by atoms with Crippen LogP contribution in [0.15, 0.2) is 24.3 Å². The van der Waals surface area contributed by atoms with Gasteiger partial charge < -0.3 is 10.4 Å². The van der Waals surface area contributed by atoms with Crippen LogP contribution in [0.5, 0.6) is 0 Å². The summed E-state index contributed by atoms with van der Waals surface area (Å²) < 4.78 is 0. The highest BCUT2D eigenvalue weighted by Gasteiger charge is 2.23. The normalized spacial score (nSPS) is 14.3. The van der Waals surface area contributed by atoms with Gasteiger partial charge >= 0.3 is 0 Å². The Morgan fingerprint density at radius 3 is 2.28 bits per heavy atom. The van der Waals surface area contributed by atoms with Gasteiger partial charge in [-0.25, -0.2) is 0 Å². The number of aliphatic hydroxyl groups is 1. The number of carbonyl (C=O) groups is 1. The fourth-order valence-electron chi connectivity index (χ4n) is 1.61. The number of rotatable bonds is 5. The van der Waals surface area contributed by atoms with Crippen molar-refractivity contribution in [2.24, 2.45) is 0 Å². The molecule has 1 aromatic carbocycles. The van der Waals surface area contributed by atoms with Crippen LogP contribution in [0.1, 0.15) is 56.0 Å². The number of amides is 1. The maximum Gasteiger partial charge on any atom is 0.251 e. The lowest BCUT2D eigenvalue weighted by molar-refractivity contribution is 0.0847. The molecule has 0 saturated carbocycles. The average molecular weight is 249 g/mol. The lowest BCUT2D eigenvalue weighted by Crippen LogP contribution is -2.48. The molecule has 1 aromatic rings. The molecule has 1 unspecified atom stereocenters. The van der Waals surface area contributed by atoms with Gasteiger partial charge in [0.05, 0.1) is 12.1 Å². The predicted octanol–water partition coefficient (Wildman–Crippen LogP) is 2.70. The zero-order valence-corrected chi connectivity index (χ0v) is 11.7. The Kier molecular flexibility index (Phi) is 4.91. The zero-order chi connectivity index (χ0) is 13.8. The minimum Gasteiger partial charge on any atom is -0.394 e. The SMILES string of the molecule is CCC(C)(CO)NC(=O)c1ccc(C(C)C)cc1. The van der Waals surface area contributed by atoms with Crippen molar-refractivity contribution in [1.82, 2.24) is 5.32 Å². The van der Waals surface area contributed by atoms with Crippen LogP contribution in [0.3, 0.4) is 0 Å². The number of carbonyl (C=O) groups excluding carboxylic acids is 1. The van der Waals surface area contributed by atoms with Gasteiger partial charge in [0.1, 0.15) is 0 Å². The van der Waals surface area contributed by atoms with Crippen LogP contribution >= 0.6 is 0 Å². The van der Waals surface area contributed by atoms with Gasteiger partial charge in [0.2, 0.25) is 0 Å². The first-order valence-corrected chi connectivity index (χ1v) is 6.45. The first-order valence-electron chi connectivity index (χ1n) is 6.45. The monoisotopic (exact) mass is 249 g/mol. The van der Waals surface area contributed by atoms with Crippen LogP contribution in [0.2, 0.25) is 0 Å². The summed E-state index contributed by atoms with van der Waals surface area (Å²) in [6.45, 7) is 7.97. The van der Waals surface area contributed by atoms with E-state index in [-0.39, 0.29) is 12.5 Å². The lowest BCUT2D eigenvalue weighted by Gasteiger charge is -2.27. The van der Waals surface area contributed by atoms with Gasteiger partial charge in [0.15, 0.2) is 0 Å². The Bertz CT molecular complexity index is 391. The van der Waals surface area contributed by atoms with Crippen molar-refractivity contribution in [3.05, 3.63) is 35.4 Å². The second-order valence-corrected chi connectivity index (χ2v) is 5.30. The highest BCUT2D eigenvalue weighted by atomic mass is 16.3. The first kappa shape index (κ1) is 14.7. The maximum absolute atomic E-state index is 12.0. The Hall–Kier alpha value is -1.35. The third-order valence-electron chi connectivity index (χ3n) is 3.38. The maximum atomic E-state index is 12.0. The summed E-state index contributed by atoms with van der Waals surface area (Å²) in [5, 5.41) is 12.2. The van der Waals surface area contributed by atoms with Gasteiger partial charge in [-0.15, -0.1) is 0 Å². The lowest BCUT2D eigenvalue weighted by atomic mass is 9.98. The van der Waals surface area contributed by atoms with E-state index in [9.17, 15) is 9.90 Å². The van der Waals surface area contributed by atoms with E-state index < -0.39 is 5.54 Å². The smallest absolute Gasteiger partial charge is 0.251 e. The van der Waals surface area contributed by atoms with Crippen molar-refractivity contribution >= 4 is 5.91 Å².